The lowest BCUT2D eigenvalue weighted by atomic mass is 9.77. The van der Waals surface area contributed by atoms with E-state index in [0.29, 0.717) is 35.6 Å². The molecule has 6 nitrogen and oxygen atoms in total. The topological polar surface area (TPSA) is 92.9 Å². The number of hydrogen-bond donors (Lipinski definition) is 4. The maximum absolute atomic E-state index is 13.1. The van der Waals surface area contributed by atoms with Crippen molar-refractivity contribution in [2.24, 2.45) is 10.2 Å². The van der Waals surface area contributed by atoms with Gasteiger partial charge in [-0.05, 0) is 45.3 Å². The first-order chi connectivity index (χ1) is 13.4. The Morgan fingerprint density at radius 3 is 2.66 bits per heavy atom. The molecule has 1 aromatic rings. The fraction of sp³-hybridized carbons (Fsp3) is 0.450. The number of aliphatic hydroxyl groups is 1. The summed E-state index contributed by atoms with van der Waals surface area (Å²) in [7, 11) is 0. The molecule has 0 saturated heterocycles. The van der Waals surface area contributed by atoms with Gasteiger partial charge in [0.15, 0.2) is 0 Å². The first-order valence-electron chi connectivity index (χ1n) is 9.27. The van der Waals surface area contributed by atoms with Crippen molar-refractivity contribution in [2.45, 2.75) is 57.9 Å². The van der Waals surface area contributed by atoms with Gasteiger partial charge >= 0.3 is 6.18 Å². The first-order valence-corrected chi connectivity index (χ1v) is 9.27. The molecule has 2 aliphatic rings. The third-order valence-electron chi connectivity index (χ3n) is 4.74. The minimum Gasteiger partial charge on any atom is -0.390 e. The minimum absolute atomic E-state index is 0.0236. The van der Waals surface area contributed by atoms with Crippen molar-refractivity contribution >= 4 is 17.4 Å². The van der Waals surface area contributed by atoms with Gasteiger partial charge < -0.3 is 21.1 Å². The van der Waals surface area contributed by atoms with Gasteiger partial charge in [0.1, 0.15) is 5.71 Å². The van der Waals surface area contributed by atoms with Gasteiger partial charge in [-0.3, -0.25) is 0 Å². The van der Waals surface area contributed by atoms with Gasteiger partial charge in [0, 0.05) is 17.3 Å². The van der Waals surface area contributed by atoms with E-state index in [-0.39, 0.29) is 23.0 Å². The van der Waals surface area contributed by atoms with Crippen molar-refractivity contribution < 1.29 is 18.3 Å². The predicted octanol–water partition coefficient (Wildman–Crippen LogP) is 3.19. The van der Waals surface area contributed by atoms with E-state index in [0.717, 1.165) is 0 Å². The van der Waals surface area contributed by atoms with E-state index in [4.69, 9.17) is 5.41 Å². The number of alkyl halides is 3. The molecule has 0 unspecified atom stereocenters. The standard InChI is InChI=1S/C20H24F3N5O/c1-11-4-5-15(13(6-11)8-20(21,22)23)17-16(7-12(2)24)26-18(28-27-17)25-14-9-19(3,29)10-14/h4-7,14,24,29H,8-10H2,1-3H3,(H2,25,26,28)/b16-7-,24-12?. The summed E-state index contributed by atoms with van der Waals surface area (Å²) in [5.41, 5.74) is 1.30. The molecule has 1 fully saturated rings. The molecule has 0 spiro atoms. The average molecular weight is 407 g/mol. The van der Waals surface area contributed by atoms with Gasteiger partial charge in [-0.1, -0.05) is 23.8 Å². The Hall–Kier alpha value is -2.68. The molecule has 156 valence electrons. The highest BCUT2D eigenvalue weighted by Gasteiger charge is 2.39. The van der Waals surface area contributed by atoms with E-state index in [1.807, 2.05) is 0 Å². The van der Waals surface area contributed by atoms with Crippen LogP contribution in [0.1, 0.15) is 43.4 Å². The van der Waals surface area contributed by atoms with Gasteiger partial charge in [0.05, 0.1) is 17.7 Å². The van der Waals surface area contributed by atoms with Gasteiger partial charge in [0.2, 0.25) is 5.96 Å². The highest BCUT2D eigenvalue weighted by atomic mass is 19.4. The third kappa shape index (κ3) is 5.44. The number of hydrogen-bond acceptors (Lipinski definition) is 6. The summed E-state index contributed by atoms with van der Waals surface area (Å²) in [6, 6.07) is 4.84. The smallest absolute Gasteiger partial charge is 0.390 e. The molecule has 0 radical (unpaired) electrons. The van der Waals surface area contributed by atoms with Crippen LogP contribution in [0, 0.1) is 12.3 Å². The Bertz CT molecular complexity index is 907. The second-order valence-corrected chi connectivity index (χ2v) is 7.96. The molecule has 1 heterocycles. The maximum Gasteiger partial charge on any atom is 0.393 e. The third-order valence-corrected chi connectivity index (χ3v) is 4.74. The number of allylic oxidation sites excluding steroid dienone is 2. The minimum atomic E-state index is -4.36. The fourth-order valence-corrected chi connectivity index (χ4v) is 3.56. The van der Waals surface area contributed by atoms with Crippen molar-refractivity contribution in [1.82, 2.24) is 10.6 Å². The molecular weight excluding hydrogens is 383 g/mol. The summed E-state index contributed by atoms with van der Waals surface area (Å²) in [4.78, 5) is 0. The Labute approximate surface area is 167 Å². The Morgan fingerprint density at radius 1 is 1.38 bits per heavy atom. The van der Waals surface area contributed by atoms with Crippen LogP contribution in [0.2, 0.25) is 0 Å². The monoisotopic (exact) mass is 407 g/mol. The molecule has 0 amide bonds. The lowest BCUT2D eigenvalue weighted by Gasteiger charge is -2.41. The predicted molar refractivity (Wildman–Crippen MR) is 106 cm³/mol. The van der Waals surface area contributed by atoms with Crippen LogP contribution in [0.25, 0.3) is 0 Å². The van der Waals surface area contributed by atoms with Crippen molar-refractivity contribution in [3.05, 3.63) is 46.7 Å². The highest BCUT2D eigenvalue weighted by molar-refractivity contribution is 6.18. The lowest BCUT2D eigenvalue weighted by Crippen LogP contribution is -2.56. The van der Waals surface area contributed by atoms with E-state index >= 15 is 0 Å². The molecule has 1 aliphatic carbocycles. The zero-order valence-corrected chi connectivity index (χ0v) is 16.5. The normalized spacial score (nSPS) is 25.6. The summed E-state index contributed by atoms with van der Waals surface area (Å²) in [5.74, 6) is 0.339. The summed E-state index contributed by atoms with van der Waals surface area (Å²) < 4.78 is 39.2. The molecule has 4 N–H and O–H groups in total. The van der Waals surface area contributed by atoms with Gasteiger partial charge in [-0.25, -0.2) is 0 Å². The zero-order chi connectivity index (χ0) is 21.4. The van der Waals surface area contributed by atoms with Crippen LogP contribution in [0.15, 0.2) is 40.2 Å². The van der Waals surface area contributed by atoms with Crippen LogP contribution in [-0.4, -0.2) is 40.3 Å². The molecule has 0 bridgehead atoms. The second-order valence-electron chi connectivity index (χ2n) is 7.96. The molecule has 1 aromatic carbocycles. The van der Waals surface area contributed by atoms with Crippen molar-refractivity contribution in [1.29, 1.82) is 5.41 Å². The van der Waals surface area contributed by atoms with Crippen LogP contribution >= 0.6 is 0 Å². The summed E-state index contributed by atoms with van der Waals surface area (Å²) >= 11 is 0. The van der Waals surface area contributed by atoms with Crippen molar-refractivity contribution in [3.8, 4) is 0 Å². The van der Waals surface area contributed by atoms with E-state index < -0.39 is 18.2 Å². The second kappa shape index (κ2) is 7.62. The molecular formula is C20H24F3N5O. The lowest BCUT2D eigenvalue weighted by molar-refractivity contribution is -0.127. The Kier molecular flexibility index (Phi) is 5.53. The van der Waals surface area contributed by atoms with Crippen LogP contribution in [0.5, 0.6) is 0 Å². The van der Waals surface area contributed by atoms with E-state index in [1.165, 1.54) is 12.1 Å². The van der Waals surface area contributed by atoms with E-state index in [9.17, 15) is 18.3 Å². The quantitative estimate of drug-likeness (QED) is 0.578. The molecule has 0 atom stereocenters. The largest absolute Gasteiger partial charge is 0.393 e. The van der Waals surface area contributed by atoms with Crippen LogP contribution in [-0.2, 0) is 6.42 Å². The number of nitrogens with one attached hydrogen (secondary N) is 3. The average Bonchev–Trinajstić information content (AvgIpc) is 2.52. The summed E-state index contributed by atoms with van der Waals surface area (Å²) in [6.45, 7) is 5.05. The van der Waals surface area contributed by atoms with E-state index in [1.54, 1.807) is 32.9 Å². The Morgan fingerprint density at radius 2 is 2.07 bits per heavy atom. The zero-order valence-electron chi connectivity index (χ0n) is 16.5. The van der Waals surface area contributed by atoms with E-state index in [2.05, 4.69) is 20.8 Å². The molecule has 9 heteroatoms. The van der Waals surface area contributed by atoms with Gasteiger partial charge in [-0.2, -0.15) is 13.2 Å². The fourth-order valence-electron chi connectivity index (χ4n) is 3.56. The van der Waals surface area contributed by atoms with Gasteiger partial charge in [-0.15, -0.1) is 10.2 Å². The number of halogens is 3. The first kappa shape index (κ1) is 21.0. The maximum atomic E-state index is 13.1. The SMILES string of the molecule is CC(=N)/C=C1\NC(NC2CC(C)(O)C2)=NN=C1c1ccc(C)cc1CC(F)(F)F. The molecule has 1 saturated carbocycles. The number of guanidine groups is 1. The molecule has 1 aliphatic heterocycles. The number of benzene rings is 1. The Balaban J connectivity index is 1.94. The van der Waals surface area contributed by atoms with Gasteiger partial charge in [0.25, 0.3) is 0 Å². The molecule has 0 aromatic heterocycles. The van der Waals surface area contributed by atoms with Crippen molar-refractivity contribution in [3.63, 3.8) is 0 Å². The molecule has 3 rings (SSSR count). The number of aryl methyl sites for hydroxylation is 1. The number of nitrogens with zero attached hydrogens (tertiary/aromatic N) is 2. The molecule has 29 heavy (non-hydrogen) atoms. The summed E-state index contributed by atoms with van der Waals surface area (Å²) in [5, 5.41) is 32.0. The number of rotatable bonds is 4. The highest BCUT2D eigenvalue weighted by Crippen LogP contribution is 2.31. The van der Waals surface area contributed by atoms with Crippen molar-refractivity contribution in [2.75, 3.05) is 0 Å². The summed E-state index contributed by atoms with van der Waals surface area (Å²) in [6.07, 6.45) is -2.82. The van der Waals surface area contributed by atoms with Crippen LogP contribution < -0.4 is 10.6 Å². The van der Waals surface area contributed by atoms with Crippen LogP contribution in [0.4, 0.5) is 13.2 Å². The van der Waals surface area contributed by atoms with Crippen LogP contribution in [0.3, 0.4) is 0 Å².